The van der Waals surface area contributed by atoms with Crippen molar-refractivity contribution in [3.8, 4) is 0 Å². The van der Waals surface area contributed by atoms with Gasteiger partial charge in [-0.3, -0.25) is 4.79 Å². The highest BCUT2D eigenvalue weighted by molar-refractivity contribution is 8.12. The molecule has 104 valence electrons. The summed E-state index contributed by atoms with van der Waals surface area (Å²) in [5.74, 6) is 0.713. The SMILES string of the molecule is COC(CC(=O)SCc1ccccc1)c1ccccc1. The molecule has 0 saturated carbocycles. The van der Waals surface area contributed by atoms with Gasteiger partial charge in [0.25, 0.3) is 0 Å². The van der Waals surface area contributed by atoms with Gasteiger partial charge >= 0.3 is 0 Å². The van der Waals surface area contributed by atoms with Gasteiger partial charge in [0, 0.05) is 19.3 Å². The number of carbonyl (C=O) groups excluding carboxylic acids is 1. The Labute approximate surface area is 124 Å². The van der Waals surface area contributed by atoms with Crippen LogP contribution in [-0.4, -0.2) is 12.2 Å². The first-order valence-electron chi connectivity index (χ1n) is 6.57. The van der Waals surface area contributed by atoms with E-state index in [1.807, 2.05) is 60.7 Å². The van der Waals surface area contributed by atoms with Crippen LogP contribution in [0.5, 0.6) is 0 Å². The van der Waals surface area contributed by atoms with Gasteiger partial charge < -0.3 is 4.74 Å². The van der Waals surface area contributed by atoms with Crippen LogP contribution < -0.4 is 0 Å². The highest BCUT2D eigenvalue weighted by Gasteiger charge is 2.15. The van der Waals surface area contributed by atoms with Crippen LogP contribution in [-0.2, 0) is 15.3 Å². The number of rotatable bonds is 6. The lowest BCUT2D eigenvalue weighted by molar-refractivity contribution is -0.113. The summed E-state index contributed by atoms with van der Waals surface area (Å²) in [6, 6.07) is 19.9. The first kappa shape index (κ1) is 14.8. The Morgan fingerprint density at radius 1 is 1.05 bits per heavy atom. The van der Waals surface area contributed by atoms with Crippen LogP contribution in [0.15, 0.2) is 60.7 Å². The third-order valence-corrected chi connectivity index (χ3v) is 4.02. The molecule has 1 unspecified atom stereocenters. The Morgan fingerprint density at radius 2 is 1.65 bits per heavy atom. The molecule has 0 fully saturated rings. The predicted octanol–water partition coefficient (Wildman–Crippen LogP) is 4.22. The Balaban J connectivity index is 1.87. The van der Waals surface area contributed by atoms with Crippen molar-refractivity contribution in [2.75, 3.05) is 7.11 Å². The average Bonchev–Trinajstić information content (AvgIpc) is 2.52. The molecule has 0 saturated heterocycles. The largest absolute Gasteiger partial charge is 0.376 e. The Hall–Kier alpha value is -1.58. The molecule has 2 nitrogen and oxygen atoms in total. The van der Waals surface area contributed by atoms with Gasteiger partial charge in [-0.05, 0) is 11.1 Å². The second-order valence-corrected chi connectivity index (χ2v) is 5.52. The second-order valence-electron chi connectivity index (χ2n) is 4.49. The molecule has 2 aromatic carbocycles. The maximum atomic E-state index is 12.0. The summed E-state index contributed by atoms with van der Waals surface area (Å²) >= 11 is 1.35. The van der Waals surface area contributed by atoms with E-state index in [1.165, 1.54) is 17.3 Å². The number of hydrogen-bond acceptors (Lipinski definition) is 3. The van der Waals surface area contributed by atoms with Crippen LogP contribution in [0.25, 0.3) is 0 Å². The normalized spacial score (nSPS) is 12.1. The van der Waals surface area contributed by atoms with Crippen molar-refractivity contribution >= 4 is 16.9 Å². The summed E-state index contributed by atoms with van der Waals surface area (Å²) in [5, 5.41) is 0.157. The first-order valence-corrected chi connectivity index (χ1v) is 7.55. The van der Waals surface area contributed by atoms with Gasteiger partial charge in [-0.25, -0.2) is 0 Å². The summed E-state index contributed by atoms with van der Waals surface area (Å²) < 4.78 is 5.42. The molecule has 0 aliphatic carbocycles. The maximum absolute atomic E-state index is 12.0. The number of thioether (sulfide) groups is 1. The summed E-state index contributed by atoms with van der Waals surface area (Å²) in [4.78, 5) is 12.0. The van der Waals surface area contributed by atoms with Crippen LogP contribution in [0.2, 0.25) is 0 Å². The molecular weight excluding hydrogens is 268 g/mol. The Bertz CT molecular complexity index is 525. The molecule has 20 heavy (non-hydrogen) atoms. The van der Waals surface area contributed by atoms with Crippen molar-refractivity contribution < 1.29 is 9.53 Å². The van der Waals surface area contributed by atoms with Crippen LogP contribution in [0, 0.1) is 0 Å². The summed E-state index contributed by atoms with van der Waals surface area (Å²) in [5.41, 5.74) is 2.21. The molecule has 2 aromatic rings. The summed E-state index contributed by atoms with van der Waals surface area (Å²) in [6.07, 6.45) is 0.241. The quantitative estimate of drug-likeness (QED) is 0.795. The summed E-state index contributed by atoms with van der Waals surface area (Å²) in [6.45, 7) is 0. The fourth-order valence-electron chi connectivity index (χ4n) is 1.95. The molecule has 1 atom stereocenters. The smallest absolute Gasteiger partial charge is 0.192 e. The monoisotopic (exact) mass is 286 g/mol. The topological polar surface area (TPSA) is 26.3 Å². The molecule has 0 aromatic heterocycles. The van der Waals surface area contributed by atoms with Crippen molar-refractivity contribution in [1.82, 2.24) is 0 Å². The minimum Gasteiger partial charge on any atom is -0.376 e. The van der Waals surface area contributed by atoms with E-state index >= 15 is 0 Å². The number of benzene rings is 2. The first-order chi connectivity index (χ1) is 9.79. The van der Waals surface area contributed by atoms with Gasteiger partial charge in [0.1, 0.15) is 0 Å². The van der Waals surface area contributed by atoms with Gasteiger partial charge in [0.05, 0.1) is 6.10 Å². The molecule has 2 rings (SSSR count). The van der Waals surface area contributed by atoms with Crippen LogP contribution >= 0.6 is 11.8 Å². The molecule has 0 spiro atoms. The van der Waals surface area contributed by atoms with Crippen molar-refractivity contribution in [1.29, 1.82) is 0 Å². The highest BCUT2D eigenvalue weighted by Crippen LogP contribution is 2.24. The van der Waals surface area contributed by atoms with Gasteiger partial charge in [0.2, 0.25) is 0 Å². The standard InChI is InChI=1S/C17H18O2S/c1-19-16(15-10-6-3-7-11-15)12-17(18)20-13-14-8-4-2-5-9-14/h2-11,16H,12-13H2,1H3. The van der Waals surface area contributed by atoms with Crippen LogP contribution in [0.1, 0.15) is 23.7 Å². The third kappa shape index (κ3) is 4.51. The fourth-order valence-corrected chi connectivity index (χ4v) is 2.74. The fraction of sp³-hybridized carbons (Fsp3) is 0.235. The van der Waals surface area contributed by atoms with E-state index < -0.39 is 0 Å². The zero-order valence-corrected chi connectivity index (χ0v) is 12.3. The number of carbonyl (C=O) groups is 1. The zero-order valence-electron chi connectivity index (χ0n) is 11.5. The van der Waals surface area contributed by atoms with Gasteiger partial charge in [-0.1, -0.05) is 72.4 Å². The number of methoxy groups -OCH3 is 1. The summed E-state index contributed by atoms with van der Waals surface area (Å²) in [7, 11) is 1.65. The lowest BCUT2D eigenvalue weighted by Gasteiger charge is -2.14. The van der Waals surface area contributed by atoms with Crippen molar-refractivity contribution in [2.45, 2.75) is 18.3 Å². The van der Waals surface area contributed by atoms with E-state index in [0.29, 0.717) is 12.2 Å². The van der Waals surface area contributed by atoms with E-state index in [1.54, 1.807) is 7.11 Å². The number of ether oxygens (including phenoxy) is 1. The highest BCUT2D eigenvalue weighted by atomic mass is 32.2. The number of hydrogen-bond donors (Lipinski definition) is 0. The van der Waals surface area contributed by atoms with E-state index in [-0.39, 0.29) is 11.2 Å². The molecule has 0 amide bonds. The molecule has 0 bridgehead atoms. The van der Waals surface area contributed by atoms with Crippen molar-refractivity contribution in [2.24, 2.45) is 0 Å². The van der Waals surface area contributed by atoms with Gasteiger partial charge in [0.15, 0.2) is 5.12 Å². The molecule has 0 radical (unpaired) electrons. The minimum atomic E-state index is -0.160. The average molecular weight is 286 g/mol. The van der Waals surface area contributed by atoms with Crippen molar-refractivity contribution in [3.63, 3.8) is 0 Å². The van der Waals surface area contributed by atoms with E-state index in [0.717, 1.165) is 5.56 Å². The lowest BCUT2D eigenvalue weighted by Crippen LogP contribution is -2.06. The van der Waals surface area contributed by atoms with Gasteiger partial charge in [-0.2, -0.15) is 0 Å². The Morgan fingerprint density at radius 3 is 2.25 bits per heavy atom. The van der Waals surface area contributed by atoms with E-state index in [4.69, 9.17) is 4.74 Å². The molecule has 3 heteroatoms. The van der Waals surface area contributed by atoms with Crippen LogP contribution in [0.3, 0.4) is 0 Å². The Kier molecular flexibility index (Phi) is 5.84. The molecular formula is C17H18O2S. The maximum Gasteiger partial charge on any atom is 0.192 e. The molecule has 0 aliphatic rings. The zero-order chi connectivity index (χ0) is 14.2. The third-order valence-electron chi connectivity index (χ3n) is 3.05. The van der Waals surface area contributed by atoms with E-state index in [9.17, 15) is 4.79 Å². The molecule has 0 aliphatic heterocycles. The molecule has 0 heterocycles. The molecule has 0 N–H and O–H groups in total. The van der Waals surface area contributed by atoms with Gasteiger partial charge in [-0.15, -0.1) is 0 Å². The van der Waals surface area contributed by atoms with Crippen LogP contribution in [0.4, 0.5) is 0 Å². The van der Waals surface area contributed by atoms with Crippen molar-refractivity contribution in [3.05, 3.63) is 71.8 Å². The van der Waals surface area contributed by atoms with E-state index in [2.05, 4.69) is 0 Å². The second kappa shape index (κ2) is 7.88. The minimum absolute atomic E-state index is 0.157. The lowest BCUT2D eigenvalue weighted by atomic mass is 10.1. The predicted molar refractivity (Wildman–Crippen MR) is 83.6 cm³/mol.